The molecule has 1 aromatic carbocycles. The molecule has 2 rings (SSSR count). The van der Waals surface area contributed by atoms with Crippen LogP contribution in [0.4, 0.5) is 0 Å². The van der Waals surface area contributed by atoms with Crippen LogP contribution in [0.2, 0.25) is 0 Å². The van der Waals surface area contributed by atoms with Gasteiger partial charge in [0.1, 0.15) is 11.5 Å². The molecule has 0 amide bonds. The van der Waals surface area contributed by atoms with Crippen LogP contribution in [0.3, 0.4) is 0 Å². The van der Waals surface area contributed by atoms with E-state index in [1.54, 1.807) is 7.11 Å². The third-order valence-electron chi connectivity index (χ3n) is 3.70. The monoisotopic (exact) mass is 275 g/mol. The fourth-order valence-corrected chi connectivity index (χ4v) is 2.68. The molecule has 20 heavy (non-hydrogen) atoms. The van der Waals surface area contributed by atoms with Gasteiger partial charge in [-0.15, -0.1) is 0 Å². The van der Waals surface area contributed by atoms with Crippen LogP contribution >= 0.6 is 0 Å². The van der Waals surface area contributed by atoms with Crippen molar-refractivity contribution in [3.05, 3.63) is 28.8 Å². The average Bonchev–Trinajstić information content (AvgIpc) is 2.40. The maximum absolute atomic E-state index is 12.5. The highest BCUT2D eigenvalue weighted by Gasteiger charge is 2.21. The van der Waals surface area contributed by atoms with Gasteiger partial charge in [0.2, 0.25) is 0 Å². The van der Waals surface area contributed by atoms with E-state index in [0.29, 0.717) is 43.8 Å². The van der Waals surface area contributed by atoms with Gasteiger partial charge in [-0.3, -0.25) is 14.5 Å². The number of aryl methyl sites for hydroxylation is 2. The summed E-state index contributed by atoms with van der Waals surface area (Å²) >= 11 is 0. The molecule has 1 heterocycles. The minimum absolute atomic E-state index is 0.0583. The largest absolute Gasteiger partial charge is 0.496 e. The van der Waals surface area contributed by atoms with Gasteiger partial charge in [0, 0.05) is 25.9 Å². The van der Waals surface area contributed by atoms with Crippen LogP contribution in [0.1, 0.15) is 34.3 Å². The predicted octanol–water partition coefficient (Wildman–Crippen LogP) is 2.16. The highest BCUT2D eigenvalue weighted by Crippen LogP contribution is 2.25. The van der Waals surface area contributed by atoms with E-state index in [9.17, 15) is 9.59 Å². The molecule has 1 aliphatic rings. The van der Waals surface area contributed by atoms with Crippen molar-refractivity contribution in [2.45, 2.75) is 26.7 Å². The highest BCUT2D eigenvalue weighted by molar-refractivity contribution is 6.00. The van der Waals surface area contributed by atoms with Gasteiger partial charge in [0.15, 0.2) is 5.78 Å². The fraction of sp³-hybridized carbons (Fsp3) is 0.500. The average molecular weight is 275 g/mol. The lowest BCUT2D eigenvalue weighted by Crippen LogP contribution is -2.37. The number of carbonyl (C=O) groups excluding carboxylic acids is 2. The summed E-state index contributed by atoms with van der Waals surface area (Å²) in [5.74, 6) is 1.01. The zero-order valence-electron chi connectivity index (χ0n) is 12.4. The van der Waals surface area contributed by atoms with Gasteiger partial charge >= 0.3 is 0 Å². The van der Waals surface area contributed by atoms with E-state index in [1.807, 2.05) is 30.9 Å². The second-order valence-electron chi connectivity index (χ2n) is 5.40. The molecule has 108 valence electrons. The first kappa shape index (κ1) is 14.7. The molecular weight excluding hydrogens is 254 g/mol. The fourth-order valence-electron chi connectivity index (χ4n) is 2.68. The van der Waals surface area contributed by atoms with Gasteiger partial charge < -0.3 is 4.74 Å². The molecule has 0 aromatic heterocycles. The third kappa shape index (κ3) is 3.25. The van der Waals surface area contributed by atoms with Gasteiger partial charge in [-0.1, -0.05) is 6.07 Å². The molecule has 0 N–H and O–H groups in total. The van der Waals surface area contributed by atoms with E-state index in [2.05, 4.69) is 0 Å². The Morgan fingerprint density at radius 2 is 1.90 bits per heavy atom. The number of piperidine rings is 1. The molecule has 1 aromatic rings. The topological polar surface area (TPSA) is 46.6 Å². The molecule has 0 atom stereocenters. The maximum atomic E-state index is 12.5. The van der Waals surface area contributed by atoms with Crippen molar-refractivity contribution < 1.29 is 14.3 Å². The second kappa shape index (κ2) is 6.18. The molecule has 0 aliphatic carbocycles. The molecule has 1 saturated heterocycles. The van der Waals surface area contributed by atoms with Crippen LogP contribution in [0.25, 0.3) is 0 Å². The summed E-state index contributed by atoms with van der Waals surface area (Å²) in [6, 6.07) is 3.89. The summed E-state index contributed by atoms with van der Waals surface area (Å²) in [6.45, 7) is 5.63. The zero-order valence-corrected chi connectivity index (χ0v) is 12.4. The first-order valence-electron chi connectivity index (χ1n) is 6.93. The van der Waals surface area contributed by atoms with Crippen LogP contribution in [0.5, 0.6) is 5.75 Å². The molecule has 0 radical (unpaired) electrons. The van der Waals surface area contributed by atoms with Crippen LogP contribution in [0.15, 0.2) is 12.1 Å². The number of rotatable bonds is 4. The first-order valence-corrected chi connectivity index (χ1v) is 6.93. The number of carbonyl (C=O) groups is 2. The number of nitrogens with zero attached hydrogens (tertiary/aromatic N) is 1. The standard InChI is InChI=1S/C16H21NO3/c1-11-8-12(2)16(20-3)14(9-11)15(19)10-17-6-4-13(18)5-7-17/h8-9H,4-7,10H2,1-3H3. The molecule has 4 nitrogen and oxygen atoms in total. The molecule has 1 aliphatic heterocycles. The molecule has 0 spiro atoms. The normalized spacial score (nSPS) is 16.2. The highest BCUT2D eigenvalue weighted by atomic mass is 16.5. The lowest BCUT2D eigenvalue weighted by Gasteiger charge is -2.25. The third-order valence-corrected chi connectivity index (χ3v) is 3.70. The summed E-state index contributed by atoms with van der Waals surface area (Å²) in [4.78, 5) is 25.7. The van der Waals surface area contributed by atoms with Gasteiger partial charge in [0.05, 0.1) is 19.2 Å². The number of ether oxygens (including phenoxy) is 1. The lowest BCUT2D eigenvalue weighted by atomic mass is 10.0. The molecule has 4 heteroatoms. The number of methoxy groups -OCH3 is 1. The van der Waals surface area contributed by atoms with Gasteiger partial charge in [-0.2, -0.15) is 0 Å². The zero-order chi connectivity index (χ0) is 14.7. The van der Waals surface area contributed by atoms with Crippen LogP contribution in [0, 0.1) is 13.8 Å². The van der Waals surface area contributed by atoms with Gasteiger partial charge in [0.25, 0.3) is 0 Å². The molecule has 0 saturated carbocycles. The molecular formula is C16H21NO3. The Balaban J connectivity index is 2.14. The van der Waals surface area contributed by atoms with Crippen LogP contribution in [-0.2, 0) is 4.79 Å². The number of hydrogen-bond donors (Lipinski definition) is 0. The first-order chi connectivity index (χ1) is 9.51. The van der Waals surface area contributed by atoms with Crippen molar-refractivity contribution in [3.8, 4) is 5.75 Å². The lowest BCUT2D eigenvalue weighted by molar-refractivity contribution is -0.121. The second-order valence-corrected chi connectivity index (χ2v) is 5.40. The van der Waals surface area contributed by atoms with E-state index in [4.69, 9.17) is 4.74 Å². The summed E-state index contributed by atoms with van der Waals surface area (Å²) in [5.41, 5.74) is 2.67. The molecule has 1 fully saturated rings. The predicted molar refractivity (Wildman–Crippen MR) is 77.5 cm³/mol. The Hall–Kier alpha value is -1.68. The Labute approximate surface area is 119 Å². The number of benzene rings is 1. The van der Waals surface area contributed by atoms with E-state index in [1.165, 1.54) is 0 Å². The maximum Gasteiger partial charge on any atom is 0.180 e. The molecule has 0 bridgehead atoms. The van der Waals surface area contributed by atoms with Crippen molar-refractivity contribution in [1.29, 1.82) is 0 Å². The Morgan fingerprint density at radius 1 is 1.25 bits per heavy atom. The van der Waals surface area contributed by atoms with Crippen molar-refractivity contribution in [2.24, 2.45) is 0 Å². The van der Waals surface area contributed by atoms with Gasteiger partial charge in [-0.25, -0.2) is 0 Å². The van der Waals surface area contributed by atoms with Crippen LogP contribution in [-0.4, -0.2) is 43.2 Å². The Bertz CT molecular complexity index is 527. The minimum atomic E-state index is 0.0583. The number of hydrogen-bond acceptors (Lipinski definition) is 4. The summed E-state index contributed by atoms with van der Waals surface area (Å²) in [7, 11) is 1.59. The van der Waals surface area contributed by atoms with E-state index >= 15 is 0 Å². The summed E-state index contributed by atoms with van der Waals surface area (Å²) < 4.78 is 5.37. The minimum Gasteiger partial charge on any atom is -0.496 e. The molecule has 0 unspecified atom stereocenters. The van der Waals surface area contributed by atoms with E-state index < -0.39 is 0 Å². The summed E-state index contributed by atoms with van der Waals surface area (Å²) in [5, 5.41) is 0. The van der Waals surface area contributed by atoms with Gasteiger partial charge in [-0.05, 0) is 31.0 Å². The Kier molecular flexibility index (Phi) is 4.55. The quantitative estimate of drug-likeness (QED) is 0.790. The summed E-state index contributed by atoms with van der Waals surface area (Å²) in [6.07, 6.45) is 1.11. The number of ketones is 2. The van der Waals surface area contributed by atoms with Crippen molar-refractivity contribution in [1.82, 2.24) is 4.90 Å². The number of likely N-dealkylation sites (tertiary alicyclic amines) is 1. The van der Waals surface area contributed by atoms with E-state index in [0.717, 1.165) is 11.1 Å². The van der Waals surface area contributed by atoms with Crippen molar-refractivity contribution in [2.75, 3.05) is 26.7 Å². The van der Waals surface area contributed by atoms with Crippen molar-refractivity contribution >= 4 is 11.6 Å². The SMILES string of the molecule is COc1c(C)cc(C)cc1C(=O)CN1CCC(=O)CC1. The van der Waals surface area contributed by atoms with Crippen LogP contribution < -0.4 is 4.74 Å². The van der Waals surface area contributed by atoms with E-state index in [-0.39, 0.29) is 11.6 Å². The smallest absolute Gasteiger partial charge is 0.180 e. The Morgan fingerprint density at radius 3 is 2.50 bits per heavy atom. The van der Waals surface area contributed by atoms with Crippen molar-refractivity contribution in [3.63, 3.8) is 0 Å². The number of Topliss-reactive ketones (excluding diaryl/α,β-unsaturated/α-hetero) is 2.